The molecule has 0 radical (unpaired) electrons. The van der Waals surface area contributed by atoms with E-state index in [4.69, 9.17) is 0 Å². The fourth-order valence-corrected chi connectivity index (χ4v) is 5.51. The molecule has 2 bridgehead atoms. The van der Waals surface area contributed by atoms with Crippen molar-refractivity contribution in [2.75, 3.05) is 18.4 Å². The van der Waals surface area contributed by atoms with Gasteiger partial charge in [0.25, 0.3) is 10.0 Å². The maximum Gasteiger partial charge on any atom is 0.416 e. The summed E-state index contributed by atoms with van der Waals surface area (Å²) in [5.74, 6) is 0. The summed E-state index contributed by atoms with van der Waals surface area (Å²) in [6, 6.07) is 7.72. The SMILES string of the molecule is O=C(Nc1ccc(C(F)(F)F)cc1)N1CC2CCC1CN2S(=O)(=O)c1ccccn1. The first-order valence-corrected chi connectivity index (χ1v) is 10.8. The molecule has 0 spiro atoms. The van der Waals surface area contributed by atoms with E-state index in [-0.39, 0.29) is 35.9 Å². The number of anilines is 1. The predicted octanol–water partition coefficient (Wildman–Crippen LogP) is 3.17. The fourth-order valence-electron chi connectivity index (χ4n) is 3.89. The number of nitrogens with zero attached hydrogens (tertiary/aromatic N) is 3. The molecular weight excluding hydrogens is 421 g/mol. The number of carbonyl (C=O) groups excluding carboxylic acids is 1. The topological polar surface area (TPSA) is 82.6 Å². The number of sulfonamides is 1. The Balaban J connectivity index is 1.45. The molecule has 2 unspecified atom stereocenters. The van der Waals surface area contributed by atoms with Crippen LogP contribution < -0.4 is 5.32 Å². The van der Waals surface area contributed by atoms with E-state index in [1.165, 1.54) is 28.7 Å². The van der Waals surface area contributed by atoms with Crippen LogP contribution in [-0.4, -0.2) is 53.8 Å². The van der Waals surface area contributed by atoms with E-state index < -0.39 is 27.8 Å². The number of hydrogen-bond donors (Lipinski definition) is 1. The highest BCUT2D eigenvalue weighted by molar-refractivity contribution is 7.89. The molecule has 2 amide bonds. The number of benzene rings is 1. The van der Waals surface area contributed by atoms with Crippen LogP contribution in [0.25, 0.3) is 0 Å². The number of urea groups is 1. The van der Waals surface area contributed by atoms with Gasteiger partial charge in [0.15, 0.2) is 5.03 Å². The second kappa shape index (κ2) is 7.55. The van der Waals surface area contributed by atoms with Gasteiger partial charge in [-0.05, 0) is 49.2 Å². The van der Waals surface area contributed by atoms with Gasteiger partial charge in [-0.25, -0.2) is 18.2 Å². The summed E-state index contributed by atoms with van der Waals surface area (Å²) in [7, 11) is -3.76. The van der Waals surface area contributed by atoms with E-state index in [1.807, 2.05) is 0 Å². The van der Waals surface area contributed by atoms with Crippen molar-refractivity contribution in [3.8, 4) is 0 Å². The first-order valence-electron chi connectivity index (χ1n) is 9.34. The maximum atomic E-state index is 12.9. The number of rotatable bonds is 3. The Morgan fingerprint density at radius 2 is 1.73 bits per heavy atom. The second-order valence-electron chi connectivity index (χ2n) is 7.29. The van der Waals surface area contributed by atoms with Gasteiger partial charge in [-0.15, -0.1) is 0 Å². The first kappa shape index (κ1) is 20.6. The molecule has 11 heteroatoms. The van der Waals surface area contributed by atoms with E-state index in [1.54, 1.807) is 17.0 Å². The van der Waals surface area contributed by atoms with E-state index >= 15 is 0 Å². The number of pyridine rings is 1. The number of hydrogen-bond acceptors (Lipinski definition) is 4. The molecule has 3 fully saturated rings. The van der Waals surface area contributed by atoms with E-state index in [9.17, 15) is 26.4 Å². The van der Waals surface area contributed by atoms with Gasteiger partial charge < -0.3 is 10.2 Å². The van der Waals surface area contributed by atoms with Crippen molar-refractivity contribution in [3.63, 3.8) is 0 Å². The Bertz CT molecular complexity index is 1030. The zero-order chi connectivity index (χ0) is 21.5. The molecule has 1 aromatic carbocycles. The third-order valence-electron chi connectivity index (χ3n) is 5.41. The van der Waals surface area contributed by atoms with Crippen LogP contribution in [0.3, 0.4) is 0 Å². The van der Waals surface area contributed by atoms with Crippen molar-refractivity contribution in [1.82, 2.24) is 14.2 Å². The van der Waals surface area contributed by atoms with Gasteiger partial charge in [0.2, 0.25) is 0 Å². The average Bonchev–Trinajstić information content (AvgIpc) is 2.74. The number of piperidine rings is 2. The van der Waals surface area contributed by atoms with Gasteiger partial charge in [0, 0.05) is 37.1 Å². The smallest absolute Gasteiger partial charge is 0.319 e. The Morgan fingerprint density at radius 3 is 2.30 bits per heavy atom. The molecule has 3 aliphatic rings. The monoisotopic (exact) mass is 440 g/mol. The van der Waals surface area contributed by atoms with Crippen molar-refractivity contribution in [2.24, 2.45) is 0 Å². The van der Waals surface area contributed by atoms with Crippen LogP contribution in [0.5, 0.6) is 0 Å². The Hall–Kier alpha value is -2.66. The zero-order valence-electron chi connectivity index (χ0n) is 15.7. The lowest BCUT2D eigenvalue weighted by atomic mass is 9.93. The molecule has 3 saturated heterocycles. The van der Waals surface area contributed by atoms with Gasteiger partial charge in [0.05, 0.1) is 5.56 Å². The van der Waals surface area contributed by atoms with Gasteiger partial charge >= 0.3 is 12.2 Å². The minimum absolute atomic E-state index is 0.0293. The van der Waals surface area contributed by atoms with Crippen LogP contribution in [-0.2, 0) is 16.2 Å². The number of piperazine rings is 1. The van der Waals surface area contributed by atoms with Crippen LogP contribution in [0, 0.1) is 0 Å². The Kier molecular flexibility index (Phi) is 5.18. The van der Waals surface area contributed by atoms with Gasteiger partial charge in [-0.3, -0.25) is 0 Å². The number of amides is 2. The first-order chi connectivity index (χ1) is 14.2. The molecule has 0 saturated carbocycles. The summed E-state index contributed by atoms with van der Waals surface area (Å²) < 4.78 is 65.2. The minimum Gasteiger partial charge on any atom is -0.319 e. The normalized spacial score (nSPS) is 22.2. The number of fused-ring (bicyclic) bond motifs is 3. The van der Waals surface area contributed by atoms with E-state index in [0.29, 0.717) is 12.8 Å². The number of nitrogens with one attached hydrogen (secondary N) is 1. The predicted molar refractivity (Wildman–Crippen MR) is 102 cm³/mol. The van der Waals surface area contributed by atoms with Gasteiger partial charge in [-0.1, -0.05) is 6.07 Å². The van der Waals surface area contributed by atoms with Crippen LogP contribution in [0.1, 0.15) is 18.4 Å². The van der Waals surface area contributed by atoms with Gasteiger partial charge in [0.1, 0.15) is 0 Å². The molecular formula is C19H19F3N4O3S. The average molecular weight is 440 g/mol. The molecule has 1 N–H and O–H groups in total. The molecule has 3 aliphatic heterocycles. The number of halogens is 3. The highest BCUT2D eigenvalue weighted by atomic mass is 32.2. The molecule has 1 aromatic heterocycles. The summed E-state index contributed by atoms with van der Waals surface area (Å²) in [6.45, 7) is 0.368. The molecule has 4 heterocycles. The summed E-state index contributed by atoms with van der Waals surface area (Å²) >= 11 is 0. The minimum atomic E-state index is -4.45. The maximum absolute atomic E-state index is 12.9. The number of alkyl halides is 3. The van der Waals surface area contributed by atoms with E-state index in [2.05, 4.69) is 10.3 Å². The van der Waals surface area contributed by atoms with E-state index in [0.717, 1.165) is 12.1 Å². The summed E-state index contributed by atoms with van der Waals surface area (Å²) in [5.41, 5.74) is -0.555. The second-order valence-corrected chi connectivity index (χ2v) is 9.12. The Morgan fingerprint density at radius 1 is 1.03 bits per heavy atom. The quantitative estimate of drug-likeness (QED) is 0.795. The third kappa shape index (κ3) is 3.86. The lowest BCUT2D eigenvalue weighted by Gasteiger charge is -2.50. The van der Waals surface area contributed by atoms with Crippen LogP contribution in [0.2, 0.25) is 0 Å². The van der Waals surface area contributed by atoms with Crippen molar-refractivity contribution >= 4 is 21.7 Å². The fraction of sp³-hybridized carbons (Fsp3) is 0.368. The largest absolute Gasteiger partial charge is 0.416 e. The van der Waals surface area contributed by atoms with Crippen molar-refractivity contribution < 1.29 is 26.4 Å². The molecule has 7 nitrogen and oxygen atoms in total. The number of aromatic nitrogens is 1. The molecule has 2 aromatic rings. The summed E-state index contributed by atoms with van der Waals surface area (Å²) in [4.78, 5) is 18.2. The zero-order valence-corrected chi connectivity index (χ0v) is 16.5. The van der Waals surface area contributed by atoms with Crippen molar-refractivity contribution in [2.45, 2.75) is 36.1 Å². The lowest BCUT2D eigenvalue weighted by molar-refractivity contribution is -0.137. The lowest BCUT2D eigenvalue weighted by Crippen LogP contribution is -2.65. The molecule has 160 valence electrons. The highest BCUT2D eigenvalue weighted by Gasteiger charge is 2.46. The van der Waals surface area contributed by atoms with Crippen molar-refractivity contribution in [1.29, 1.82) is 0 Å². The van der Waals surface area contributed by atoms with Crippen LogP contribution in [0.4, 0.5) is 23.7 Å². The Labute approximate surface area is 171 Å². The summed E-state index contributed by atoms with van der Waals surface area (Å²) in [6.07, 6.45) is -1.75. The number of carbonyl (C=O) groups is 1. The molecule has 30 heavy (non-hydrogen) atoms. The van der Waals surface area contributed by atoms with Crippen molar-refractivity contribution in [3.05, 3.63) is 54.2 Å². The molecule has 0 aliphatic carbocycles. The standard InChI is InChI=1S/C19H19F3N4O3S/c20-19(21,22)13-4-6-14(7-5-13)24-18(27)25-11-16-9-8-15(25)12-26(16)30(28,29)17-3-1-2-10-23-17/h1-7,10,15-16H,8-9,11-12H2,(H,24,27). The van der Waals surface area contributed by atoms with Crippen LogP contribution in [0.15, 0.2) is 53.7 Å². The highest BCUT2D eigenvalue weighted by Crippen LogP contribution is 2.33. The summed E-state index contributed by atoms with van der Waals surface area (Å²) in [5, 5.41) is 2.57. The molecule has 5 rings (SSSR count). The van der Waals surface area contributed by atoms with Gasteiger partial charge in [-0.2, -0.15) is 17.5 Å². The third-order valence-corrected chi connectivity index (χ3v) is 7.25. The molecule has 2 atom stereocenters. The van der Waals surface area contributed by atoms with Crippen LogP contribution >= 0.6 is 0 Å².